The van der Waals surface area contributed by atoms with Crippen LogP contribution in [0.3, 0.4) is 0 Å². The molecule has 0 spiro atoms. The van der Waals surface area contributed by atoms with E-state index in [1.54, 1.807) is 0 Å². The van der Waals surface area contributed by atoms with Crippen molar-refractivity contribution in [1.82, 2.24) is 4.98 Å². The fraction of sp³-hybridized carbons (Fsp3) is 0.333. The number of aromatic nitrogens is 1. The molecule has 14 heavy (non-hydrogen) atoms. The number of carbonyl (C=O) groups excluding carboxylic acids is 1. The van der Waals surface area contributed by atoms with Crippen molar-refractivity contribution < 1.29 is 18.0 Å². The Labute approximate surface area is 85.9 Å². The molecule has 1 heterocycles. The van der Waals surface area contributed by atoms with E-state index in [-0.39, 0.29) is 9.47 Å². The molecule has 0 atom stereocenters. The molecule has 0 saturated heterocycles. The van der Waals surface area contributed by atoms with E-state index in [2.05, 4.69) is 4.98 Å². The van der Waals surface area contributed by atoms with E-state index in [9.17, 15) is 18.0 Å². The van der Waals surface area contributed by atoms with Crippen LogP contribution in [-0.4, -0.2) is 10.9 Å². The number of alkyl halides is 3. The summed E-state index contributed by atoms with van der Waals surface area (Å²) < 4.78 is 36.5. The van der Waals surface area contributed by atoms with Gasteiger partial charge in [0.1, 0.15) is 5.00 Å². The highest BCUT2D eigenvalue weighted by molar-refractivity contribution is 7.19. The van der Waals surface area contributed by atoms with E-state index >= 15 is 0 Å². The lowest BCUT2D eigenvalue weighted by Gasteiger charge is -2.05. The monoisotopic (exact) mass is 244 g/mol. The van der Waals surface area contributed by atoms with Crippen LogP contribution in [0.5, 0.6) is 0 Å². The molecule has 0 radical (unpaired) electrons. The van der Waals surface area contributed by atoms with Crippen molar-refractivity contribution in [3.63, 3.8) is 0 Å². The van der Waals surface area contributed by atoms with Crippen molar-refractivity contribution in [1.29, 1.82) is 0 Å². The molecule has 0 fully saturated rings. The maximum atomic E-state index is 12.2. The van der Waals surface area contributed by atoms with Crippen molar-refractivity contribution in [3.05, 3.63) is 10.2 Å². The summed E-state index contributed by atoms with van der Waals surface area (Å²) in [6, 6.07) is 0. The third kappa shape index (κ3) is 2.58. The molecule has 0 saturated carbocycles. The van der Waals surface area contributed by atoms with E-state index in [1.165, 1.54) is 0 Å². The van der Waals surface area contributed by atoms with E-state index in [1.807, 2.05) is 5.32 Å². The second-order valence-corrected chi connectivity index (χ2v) is 3.90. The van der Waals surface area contributed by atoms with E-state index in [0.29, 0.717) is 11.3 Å². The van der Waals surface area contributed by atoms with E-state index in [0.717, 1.165) is 6.92 Å². The molecule has 0 aromatic carbocycles. The van der Waals surface area contributed by atoms with Crippen LogP contribution in [0.4, 0.5) is 18.2 Å². The molecule has 1 amide bonds. The molecule has 1 aromatic heterocycles. The number of halogens is 4. The summed E-state index contributed by atoms with van der Waals surface area (Å²) in [5.74, 6) is -0.601. The van der Waals surface area contributed by atoms with Crippen molar-refractivity contribution in [2.24, 2.45) is 0 Å². The van der Waals surface area contributed by atoms with Gasteiger partial charge in [0.05, 0.1) is 0 Å². The number of carbonyl (C=O) groups is 1. The zero-order valence-electron chi connectivity index (χ0n) is 6.78. The Balaban J connectivity index is 3.09. The van der Waals surface area contributed by atoms with Gasteiger partial charge in [-0.1, -0.05) is 22.9 Å². The zero-order chi connectivity index (χ0) is 10.9. The highest BCUT2D eigenvalue weighted by Crippen LogP contribution is 2.39. The first-order chi connectivity index (χ1) is 6.30. The standard InChI is InChI=1S/C6H4ClF3N2OS/c1-2(13)11-4-3(6(8,9)10)12-5(7)14-4/h1H3,(H,11,13). The summed E-state index contributed by atoms with van der Waals surface area (Å²) in [4.78, 5) is 13.6. The van der Waals surface area contributed by atoms with Crippen LogP contribution in [0.25, 0.3) is 0 Å². The Bertz CT molecular complexity index is 362. The molecule has 8 heteroatoms. The zero-order valence-corrected chi connectivity index (χ0v) is 8.35. The fourth-order valence-electron chi connectivity index (χ4n) is 0.731. The molecule has 0 unspecified atom stereocenters. The molecule has 0 aliphatic heterocycles. The number of thiazole rings is 1. The molecule has 78 valence electrons. The number of nitrogens with one attached hydrogen (secondary N) is 1. The highest BCUT2D eigenvalue weighted by atomic mass is 35.5. The molecule has 0 aliphatic rings. The van der Waals surface area contributed by atoms with Crippen molar-refractivity contribution in [3.8, 4) is 0 Å². The summed E-state index contributed by atoms with van der Waals surface area (Å²) in [5.41, 5.74) is -1.16. The molecule has 1 rings (SSSR count). The van der Waals surface area contributed by atoms with Crippen LogP contribution in [0, 0.1) is 0 Å². The molecular formula is C6H4ClF3N2OS. The van der Waals surface area contributed by atoms with Crippen molar-refractivity contribution in [2.45, 2.75) is 13.1 Å². The van der Waals surface area contributed by atoms with Crippen LogP contribution < -0.4 is 5.32 Å². The predicted molar refractivity (Wildman–Crippen MR) is 46.4 cm³/mol. The average Bonchev–Trinajstić information content (AvgIpc) is 2.28. The van der Waals surface area contributed by atoms with Gasteiger partial charge in [-0.3, -0.25) is 4.79 Å². The second-order valence-electron chi connectivity index (χ2n) is 2.32. The number of nitrogens with zero attached hydrogens (tertiary/aromatic N) is 1. The number of rotatable bonds is 1. The van der Waals surface area contributed by atoms with Crippen LogP contribution >= 0.6 is 22.9 Å². The van der Waals surface area contributed by atoms with Gasteiger partial charge in [0.25, 0.3) is 0 Å². The normalized spacial score (nSPS) is 11.5. The Morgan fingerprint density at radius 1 is 1.57 bits per heavy atom. The molecule has 3 nitrogen and oxygen atoms in total. The number of amides is 1. The number of anilines is 1. The third-order valence-electron chi connectivity index (χ3n) is 1.16. The van der Waals surface area contributed by atoms with Crippen LogP contribution in [0.1, 0.15) is 12.6 Å². The Morgan fingerprint density at radius 2 is 2.14 bits per heavy atom. The Hall–Kier alpha value is -0.820. The van der Waals surface area contributed by atoms with Crippen LogP contribution in [0.15, 0.2) is 0 Å². The molecule has 0 aliphatic carbocycles. The first-order valence-corrected chi connectivity index (χ1v) is 4.51. The first-order valence-electron chi connectivity index (χ1n) is 3.32. The number of hydrogen-bond donors (Lipinski definition) is 1. The lowest BCUT2D eigenvalue weighted by Crippen LogP contribution is -2.12. The highest BCUT2D eigenvalue weighted by Gasteiger charge is 2.37. The predicted octanol–water partition coefficient (Wildman–Crippen LogP) is 2.77. The topological polar surface area (TPSA) is 42.0 Å². The minimum atomic E-state index is -4.61. The van der Waals surface area contributed by atoms with Gasteiger partial charge in [-0.2, -0.15) is 13.2 Å². The molecule has 1 aromatic rings. The minimum Gasteiger partial charge on any atom is -0.316 e. The molecule has 1 N–H and O–H groups in total. The average molecular weight is 245 g/mol. The van der Waals surface area contributed by atoms with Gasteiger partial charge < -0.3 is 5.32 Å². The second kappa shape index (κ2) is 3.74. The van der Waals surface area contributed by atoms with Gasteiger partial charge in [0.15, 0.2) is 10.2 Å². The first kappa shape index (κ1) is 11.3. The van der Waals surface area contributed by atoms with Gasteiger partial charge in [0, 0.05) is 6.92 Å². The largest absolute Gasteiger partial charge is 0.436 e. The summed E-state index contributed by atoms with van der Waals surface area (Å²) in [7, 11) is 0. The van der Waals surface area contributed by atoms with Gasteiger partial charge in [-0.25, -0.2) is 4.98 Å². The fourth-order valence-corrected chi connectivity index (χ4v) is 1.80. The van der Waals surface area contributed by atoms with Gasteiger partial charge >= 0.3 is 6.18 Å². The molecule has 0 bridgehead atoms. The smallest absolute Gasteiger partial charge is 0.316 e. The third-order valence-corrected chi connectivity index (χ3v) is 2.23. The Morgan fingerprint density at radius 3 is 2.57 bits per heavy atom. The van der Waals surface area contributed by atoms with Gasteiger partial charge in [0.2, 0.25) is 5.91 Å². The lowest BCUT2D eigenvalue weighted by atomic mass is 10.4. The van der Waals surface area contributed by atoms with Gasteiger partial charge in [-0.15, -0.1) is 0 Å². The quantitative estimate of drug-likeness (QED) is 0.825. The summed E-state index contributed by atoms with van der Waals surface area (Å²) in [6.45, 7) is 1.10. The lowest BCUT2D eigenvalue weighted by molar-refractivity contribution is -0.140. The van der Waals surface area contributed by atoms with Crippen LogP contribution in [0.2, 0.25) is 4.47 Å². The van der Waals surface area contributed by atoms with Crippen molar-refractivity contribution in [2.75, 3.05) is 5.32 Å². The van der Waals surface area contributed by atoms with Crippen LogP contribution in [-0.2, 0) is 11.0 Å². The SMILES string of the molecule is CC(=O)Nc1sc(Cl)nc1C(F)(F)F. The van der Waals surface area contributed by atoms with Gasteiger partial charge in [-0.05, 0) is 0 Å². The maximum absolute atomic E-state index is 12.2. The molecular weight excluding hydrogens is 241 g/mol. The Kier molecular flexibility index (Phi) is 3.01. The minimum absolute atomic E-state index is 0.263. The van der Waals surface area contributed by atoms with E-state index < -0.39 is 17.8 Å². The number of hydrogen-bond acceptors (Lipinski definition) is 3. The summed E-state index contributed by atoms with van der Waals surface area (Å²) >= 11 is 5.88. The summed E-state index contributed by atoms with van der Waals surface area (Å²) in [6.07, 6.45) is -4.61. The summed E-state index contributed by atoms with van der Waals surface area (Å²) in [5, 5.41) is 1.63. The van der Waals surface area contributed by atoms with Crippen molar-refractivity contribution >= 4 is 33.8 Å². The van der Waals surface area contributed by atoms with E-state index in [4.69, 9.17) is 11.6 Å². The maximum Gasteiger partial charge on any atom is 0.436 e.